The van der Waals surface area contributed by atoms with Gasteiger partial charge in [0.15, 0.2) is 0 Å². The number of aromatic hydroxyl groups is 1. The van der Waals surface area contributed by atoms with E-state index >= 15 is 0 Å². The Hall–Kier alpha value is -3.67. The van der Waals surface area contributed by atoms with Gasteiger partial charge in [0.1, 0.15) is 17.8 Å². The molecule has 3 unspecified atom stereocenters. The summed E-state index contributed by atoms with van der Waals surface area (Å²) in [6.07, 6.45) is -1.52. The summed E-state index contributed by atoms with van der Waals surface area (Å²) < 4.78 is 0. The number of primary amides is 1. The molecule has 0 saturated heterocycles. The average molecular weight is 410 g/mol. The number of amides is 3. The monoisotopic (exact) mass is 410 g/mol. The van der Waals surface area contributed by atoms with Crippen LogP contribution >= 0.6 is 0 Å². The van der Waals surface area contributed by atoms with Gasteiger partial charge in [-0.2, -0.15) is 0 Å². The van der Waals surface area contributed by atoms with Crippen LogP contribution in [0.25, 0.3) is 0 Å². The van der Waals surface area contributed by atoms with E-state index in [0.717, 1.165) is 0 Å². The Morgan fingerprint density at radius 2 is 1.45 bits per heavy atom. The Morgan fingerprint density at radius 3 is 1.93 bits per heavy atom. The van der Waals surface area contributed by atoms with Crippen molar-refractivity contribution in [3.05, 3.63) is 29.8 Å². The molecule has 9 N–H and O–H groups in total. The molecule has 1 rings (SSSR count). The van der Waals surface area contributed by atoms with Crippen LogP contribution in [0.2, 0.25) is 0 Å². The van der Waals surface area contributed by atoms with E-state index in [2.05, 4.69) is 10.6 Å². The highest BCUT2D eigenvalue weighted by Crippen LogP contribution is 2.11. The quantitative estimate of drug-likeness (QED) is 0.207. The van der Waals surface area contributed by atoms with Crippen molar-refractivity contribution in [3.8, 4) is 5.75 Å². The van der Waals surface area contributed by atoms with Crippen molar-refractivity contribution in [1.82, 2.24) is 10.6 Å². The number of nitrogens with one attached hydrogen (secondary N) is 2. The van der Waals surface area contributed by atoms with Crippen molar-refractivity contribution in [3.63, 3.8) is 0 Å². The van der Waals surface area contributed by atoms with Crippen LogP contribution < -0.4 is 22.1 Å². The van der Waals surface area contributed by atoms with Gasteiger partial charge in [0, 0.05) is 6.42 Å². The molecule has 0 fully saturated rings. The summed E-state index contributed by atoms with van der Waals surface area (Å²) in [6.45, 7) is 0. The summed E-state index contributed by atoms with van der Waals surface area (Å²) in [6, 6.07) is 1.13. The van der Waals surface area contributed by atoms with Crippen molar-refractivity contribution >= 4 is 29.7 Å². The molecule has 0 spiro atoms. The Balaban J connectivity index is 2.88. The molecule has 3 atom stereocenters. The summed E-state index contributed by atoms with van der Waals surface area (Å²) in [5, 5.41) is 31.8. The Morgan fingerprint density at radius 1 is 0.897 bits per heavy atom. The number of hydrogen-bond acceptors (Lipinski definition) is 7. The molecule has 0 saturated carbocycles. The van der Waals surface area contributed by atoms with Gasteiger partial charge in [-0.05, 0) is 17.7 Å². The first kappa shape index (κ1) is 23.4. The molecule has 0 heterocycles. The van der Waals surface area contributed by atoms with Gasteiger partial charge in [-0.1, -0.05) is 12.1 Å². The molecule has 0 aliphatic carbocycles. The summed E-state index contributed by atoms with van der Waals surface area (Å²) in [5.41, 5.74) is 10.9. The number of rotatable bonds is 11. The molecule has 3 amide bonds. The lowest BCUT2D eigenvalue weighted by atomic mass is 10.0. The van der Waals surface area contributed by atoms with Gasteiger partial charge in [-0.15, -0.1) is 0 Å². The fourth-order valence-electron chi connectivity index (χ4n) is 2.31. The van der Waals surface area contributed by atoms with E-state index in [1.165, 1.54) is 24.3 Å². The van der Waals surface area contributed by atoms with E-state index in [1.54, 1.807) is 0 Å². The van der Waals surface area contributed by atoms with Crippen LogP contribution in [-0.4, -0.2) is 63.1 Å². The van der Waals surface area contributed by atoms with Crippen LogP contribution in [0.5, 0.6) is 5.75 Å². The number of carbonyl (C=O) groups excluding carboxylic acids is 3. The van der Waals surface area contributed by atoms with Gasteiger partial charge in [0.25, 0.3) is 0 Å². The van der Waals surface area contributed by atoms with Crippen molar-refractivity contribution in [2.45, 2.75) is 37.4 Å². The number of hydrogen-bond donors (Lipinski definition) is 7. The highest BCUT2D eigenvalue weighted by Gasteiger charge is 2.30. The topological polar surface area (TPSA) is 222 Å². The van der Waals surface area contributed by atoms with Gasteiger partial charge in [0.2, 0.25) is 17.7 Å². The molecule has 29 heavy (non-hydrogen) atoms. The number of nitrogens with two attached hydrogens (primary N) is 2. The van der Waals surface area contributed by atoms with Crippen LogP contribution in [0.1, 0.15) is 18.4 Å². The second-order valence-corrected chi connectivity index (χ2v) is 6.21. The number of carboxylic acid groups (broad SMARTS) is 2. The molecule has 1 aromatic rings. The number of aliphatic carboxylic acids is 2. The molecule has 0 aromatic heterocycles. The molecule has 158 valence electrons. The lowest BCUT2D eigenvalue weighted by Gasteiger charge is -2.21. The molecule has 1 aromatic carbocycles. The van der Waals surface area contributed by atoms with Crippen molar-refractivity contribution in [1.29, 1.82) is 0 Å². The van der Waals surface area contributed by atoms with Crippen molar-refractivity contribution < 1.29 is 39.3 Å². The van der Waals surface area contributed by atoms with Gasteiger partial charge in [-0.3, -0.25) is 19.2 Å². The minimum absolute atomic E-state index is 0.0267. The maximum absolute atomic E-state index is 12.4. The smallest absolute Gasteiger partial charge is 0.326 e. The van der Waals surface area contributed by atoms with E-state index in [-0.39, 0.29) is 12.2 Å². The second-order valence-electron chi connectivity index (χ2n) is 6.21. The predicted molar refractivity (Wildman–Crippen MR) is 97.3 cm³/mol. The zero-order chi connectivity index (χ0) is 22.1. The number of phenolic OH excluding ortho intramolecular Hbond substituents is 1. The summed E-state index contributed by atoms with van der Waals surface area (Å²) in [4.78, 5) is 57.7. The van der Waals surface area contributed by atoms with Crippen LogP contribution in [0.15, 0.2) is 24.3 Å². The second kappa shape index (κ2) is 10.6. The lowest BCUT2D eigenvalue weighted by molar-refractivity contribution is -0.143. The molecule has 12 nitrogen and oxygen atoms in total. The van der Waals surface area contributed by atoms with Gasteiger partial charge in [-0.25, -0.2) is 4.79 Å². The SMILES string of the molecule is NC(=O)CC(N)C(=O)NC(CC(=O)O)C(=O)NC(Cc1ccc(O)cc1)C(=O)O. The molecule has 12 heteroatoms. The fraction of sp³-hybridized carbons (Fsp3) is 0.353. The van der Waals surface area contributed by atoms with Crippen molar-refractivity contribution in [2.75, 3.05) is 0 Å². The number of carboxylic acids is 2. The Kier molecular flexibility index (Phi) is 8.55. The predicted octanol–water partition coefficient (Wildman–Crippen LogP) is -2.33. The fourth-order valence-corrected chi connectivity index (χ4v) is 2.31. The third kappa shape index (κ3) is 8.26. The van der Waals surface area contributed by atoms with Crippen LogP contribution in [0, 0.1) is 0 Å². The Bertz CT molecular complexity index is 780. The third-order valence-corrected chi connectivity index (χ3v) is 3.76. The van der Waals surface area contributed by atoms with Gasteiger partial charge in [0.05, 0.1) is 18.9 Å². The first-order valence-electron chi connectivity index (χ1n) is 8.36. The molecular formula is C17H22N4O8. The molecule has 0 bridgehead atoms. The average Bonchev–Trinajstić information content (AvgIpc) is 2.61. The standard InChI is InChI=1S/C17H22N4O8/c18-10(6-13(19)23)15(26)20-11(7-14(24)25)16(27)21-12(17(28)29)5-8-1-3-9(22)4-2-8/h1-4,10-12,22H,5-7,18H2,(H2,19,23)(H,20,26)(H,21,27)(H,24,25)(H,28,29). The zero-order valence-corrected chi connectivity index (χ0v) is 15.2. The van der Waals surface area contributed by atoms with Gasteiger partial charge >= 0.3 is 11.9 Å². The first-order chi connectivity index (χ1) is 13.5. The summed E-state index contributed by atoms with van der Waals surface area (Å²) >= 11 is 0. The Labute approximate surface area is 164 Å². The summed E-state index contributed by atoms with van der Waals surface area (Å²) in [5.74, 6) is -5.77. The normalized spacial score (nSPS) is 13.6. The van der Waals surface area contributed by atoms with E-state index < -0.39 is 60.6 Å². The van der Waals surface area contributed by atoms with Crippen LogP contribution in [0.4, 0.5) is 0 Å². The molecule has 0 aliphatic rings. The highest BCUT2D eigenvalue weighted by atomic mass is 16.4. The van der Waals surface area contributed by atoms with E-state index in [4.69, 9.17) is 16.6 Å². The van der Waals surface area contributed by atoms with Crippen molar-refractivity contribution in [2.24, 2.45) is 11.5 Å². The van der Waals surface area contributed by atoms with Crippen LogP contribution in [-0.2, 0) is 30.4 Å². The third-order valence-electron chi connectivity index (χ3n) is 3.76. The maximum Gasteiger partial charge on any atom is 0.326 e. The minimum Gasteiger partial charge on any atom is -0.508 e. The van der Waals surface area contributed by atoms with E-state index in [0.29, 0.717) is 5.56 Å². The van der Waals surface area contributed by atoms with Crippen LogP contribution in [0.3, 0.4) is 0 Å². The molecule has 0 radical (unpaired) electrons. The maximum atomic E-state index is 12.4. The first-order valence-corrected chi connectivity index (χ1v) is 8.36. The number of benzene rings is 1. The van der Waals surface area contributed by atoms with Gasteiger partial charge < -0.3 is 37.4 Å². The highest BCUT2D eigenvalue weighted by molar-refractivity contribution is 5.95. The number of phenols is 1. The molecular weight excluding hydrogens is 388 g/mol. The minimum atomic E-state index is -1.62. The molecule has 0 aliphatic heterocycles. The zero-order valence-electron chi connectivity index (χ0n) is 15.2. The largest absolute Gasteiger partial charge is 0.508 e. The summed E-state index contributed by atoms with van der Waals surface area (Å²) in [7, 11) is 0. The lowest BCUT2D eigenvalue weighted by Crippen LogP contribution is -2.55. The number of carbonyl (C=O) groups is 5. The van der Waals surface area contributed by atoms with E-state index in [9.17, 15) is 34.2 Å². The van der Waals surface area contributed by atoms with E-state index in [1.807, 2.05) is 0 Å².